The summed E-state index contributed by atoms with van der Waals surface area (Å²) in [6.45, 7) is 0.628. The monoisotopic (exact) mass is 441 g/mol. The molecule has 2 aromatic carbocycles. The van der Waals surface area contributed by atoms with Crippen molar-refractivity contribution < 1.29 is 9.59 Å². The van der Waals surface area contributed by atoms with E-state index in [0.717, 1.165) is 41.3 Å². The van der Waals surface area contributed by atoms with Crippen LogP contribution in [0.4, 0.5) is 0 Å². The summed E-state index contributed by atoms with van der Waals surface area (Å²) >= 11 is 0. The van der Waals surface area contributed by atoms with Gasteiger partial charge in [-0.1, -0.05) is 48.0 Å². The first-order valence-electron chi connectivity index (χ1n) is 11.9. The molecular formula is C28H31N3O2. The average Bonchev–Trinajstić information content (AvgIpc) is 3.18. The van der Waals surface area contributed by atoms with Gasteiger partial charge in [-0.2, -0.15) is 0 Å². The molecule has 0 radical (unpaired) electrons. The van der Waals surface area contributed by atoms with Gasteiger partial charge in [-0.05, 0) is 49.8 Å². The predicted molar refractivity (Wildman–Crippen MR) is 131 cm³/mol. The van der Waals surface area contributed by atoms with Gasteiger partial charge in [0, 0.05) is 48.9 Å². The summed E-state index contributed by atoms with van der Waals surface area (Å²) in [6.07, 6.45) is 10.1. The van der Waals surface area contributed by atoms with E-state index in [1.807, 2.05) is 50.5 Å². The summed E-state index contributed by atoms with van der Waals surface area (Å²) in [5, 5.41) is 4.28. The molecule has 5 nitrogen and oxygen atoms in total. The lowest BCUT2D eigenvalue weighted by Crippen LogP contribution is -2.45. The van der Waals surface area contributed by atoms with E-state index in [0.29, 0.717) is 12.1 Å². The van der Waals surface area contributed by atoms with Gasteiger partial charge in [-0.15, -0.1) is 0 Å². The second-order valence-electron chi connectivity index (χ2n) is 9.29. The van der Waals surface area contributed by atoms with Gasteiger partial charge in [0.25, 0.3) is 5.91 Å². The second-order valence-corrected chi connectivity index (χ2v) is 9.29. The summed E-state index contributed by atoms with van der Waals surface area (Å²) in [5.41, 5.74) is 4.98. The number of nitrogens with zero attached hydrogens (tertiary/aromatic N) is 2. The molecule has 1 aliphatic heterocycles. The second kappa shape index (κ2) is 8.89. The van der Waals surface area contributed by atoms with Crippen molar-refractivity contribution in [2.45, 2.75) is 44.1 Å². The van der Waals surface area contributed by atoms with Crippen molar-refractivity contribution in [3.05, 3.63) is 83.1 Å². The summed E-state index contributed by atoms with van der Waals surface area (Å²) in [7, 11) is 3.83. The van der Waals surface area contributed by atoms with E-state index < -0.39 is 5.92 Å². The highest BCUT2D eigenvalue weighted by Crippen LogP contribution is 2.44. The lowest BCUT2D eigenvalue weighted by Gasteiger charge is -2.39. The molecule has 0 spiro atoms. The fourth-order valence-electron chi connectivity index (χ4n) is 5.54. The average molecular weight is 442 g/mol. The highest BCUT2D eigenvalue weighted by molar-refractivity contribution is 6.02. The smallest absolute Gasteiger partial charge is 0.254 e. The third-order valence-corrected chi connectivity index (χ3v) is 7.24. The first-order chi connectivity index (χ1) is 16.1. The standard InChI is InChI=1S/C28H31N3O2/c1-30-18-23(20-12-8-9-15-24(20)30)26-25(21-13-6-7-14-22(21)28(33)31(26)2)27(32)29-17-16-19-10-4-3-5-11-19/h6-10,12-15,18,25-26H,3-5,11,16-17H2,1-2H3,(H,29,32)/t25-,26-/m1/s1. The van der Waals surface area contributed by atoms with Crippen LogP contribution in [0.25, 0.3) is 10.9 Å². The van der Waals surface area contributed by atoms with Gasteiger partial charge < -0.3 is 14.8 Å². The molecular weight excluding hydrogens is 410 g/mol. The normalized spacial score (nSPS) is 20.5. The zero-order valence-electron chi connectivity index (χ0n) is 19.4. The number of hydrogen-bond donors (Lipinski definition) is 1. The van der Waals surface area contributed by atoms with Crippen molar-refractivity contribution >= 4 is 22.7 Å². The van der Waals surface area contributed by atoms with Crippen LogP contribution in [-0.4, -0.2) is 34.9 Å². The lowest BCUT2D eigenvalue weighted by atomic mass is 9.79. The van der Waals surface area contributed by atoms with Crippen LogP contribution in [0.5, 0.6) is 0 Å². The molecule has 1 aromatic heterocycles. The fourth-order valence-corrected chi connectivity index (χ4v) is 5.54. The lowest BCUT2D eigenvalue weighted by molar-refractivity contribution is -0.124. The Morgan fingerprint density at radius 2 is 1.82 bits per heavy atom. The Balaban J connectivity index is 1.52. The Hall–Kier alpha value is -3.34. The molecule has 2 atom stereocenters. The summed E-state index contributed by atoms with van der Waals surface area (Å²) in [5.74, 6) is -0.522. The maximum atomic E-state index is 13.7. The number of benzene rings is 2. The molecule has 0 fully saturated rings. The molecule has 2 amide bonds. The van der Waals surface area contributed by atoms with Gasteiger partial charge in [-0.25, -0.2) is 0 Å². The number of allylic oxidation sites excluding steroid dienone is 1. The molecule has 0 saturated heterocycles. The Bertz CT molecular complexity index is 1240. The highest BCUT2D eigenvalue weighted by atomic mass is 16.2. The number of likely N-dealkylation sites (N-methyl/N-ethyl adjacent to an activating group) is 1. The zero-order chi connectivity index (χ0) is 22.9. The Labute approximate surface area is 195 Å². The number of amides is 2. The summed E-state index contributed by atoms with van der Waals surface area (Å²) in [4.78, 5) is 28.8. The van der Waals surface area contributed by atoms with E-state index in [2.05, 4.69) is 34.3 Å². The van der Waals surface area contributed by atoms with Crippen LogP contribution in [-0.2, 0) is 11.8 Å². The van der Waals surface area contributed by atoms with E-state index in [-0.39, 0.29) is 17.9 Å². The molecule has 5 rings (SSSR count). The van der Waals surface area contributed by atoms with Crippen molar-refractivity contribution in [1.82, 2.24) is 14.8 Å². The maximum Gasteiger partial charge on any atom is 0.254 e. The quantitative estimate of drug-likeness (QED) is 0.561. The predicted octanol–water partition coefficient (Wildman–Crippen LogP) is 5.10. The molecule has 0 bridgehead atoms. The molecule has 33 heavy (non-hydrogen) atoms. The van der Waals surface area contributed by atoms with Crippen molar-refractivity contribution in [3.8, 4) is 0 Å². The van der Waals surface area contributed by atoms with E-state index in [1.165, 1.54) is 18.4 Å². The minimum absolute atomic E-state index is 0.0175. The number of hydrogen-bond acceptors (Lipinski definition) is 2. The van der Waals surface area contributed by atoms with Crippen molar-refractivity contribution in [1.29, 1.82) is 0 Å². The molecule has 1 aliphatic carbocycles. The van der Waals surface area contributed by atoms with Crippen molar-refractivity contribution in [2.75, 3.05) is 13.6 Å². The minimum atomic E-state index is -0.463. The van der Waals surface area contributed by atoms with Crippen LogP contribution in [0.2, 0.25) is 0 Å². The number of carbonyl (C=O) groups excluding carboxylic acids is 2. The van der Waals surface area contributed by atoms with Crippen LogP contribution in [0.15, 0.2) is 66.4 Å². The Kier molecular flexibility index (Phi) is 5.79. The van der Waals surface area contributed by atoms with Gasteiger partial charge >= 0.3 is 0 Å². The molecule has 3 aromatic rings. The van der Waals surface area contributed by atoms with Crippen LogP contribution in [0.1, 0.15) is 65.5 Å². The molecule has 5 heteroatoms. The van der Waals surface area contributed by atoms with E-state index in [1.54, 1.807) is 4.90 Å². The topological polar surface area (TPSA) is 54.3 Å². The van der Waals surface area contributed by atoms with E-state index in [9.17, 15) is 9.59 Å². The third-order valence-electron chi connectivity index (χ3n) is 7.24. The Morgan fingerprint density at radius 1 is 1.03 bits per heavy atom. The number of fused-ring (bicyclic) bond motifs is 2. The summed E-state index contributed by atoms with van der Waals surface area (Å²) < 4.78 is 2.08. The van der Waals surface area contributed by atoms with Gasteiger partial charge in [0.15, 0.2) is 0 Å². The van der Waals surface area contributed by atoms with Gasteiger partial charge in [0.1, 0.15) is 0 Å². The first-order valence-corrected chi connectivity index (χ1v) is 11.9. The number of carbonyl (C=O) groups is 2. The number of para-hydroxylation sites is 1. The highest BCUT2D eigenvalue weighted by Gasteiger charge is 2.43. The fraction of sp³-hybridized carbons (Fsp3) is 0.357. The third kappa shape index (κ3) is 3.86. The SMILES string of the molecule is CN1C(=O)c2ccccc2[C@@H](C(=O)NCCC2=CCCCC2)[C@H]1c1cn(C)c2ccccc12. The van der Waals surface area contributed by atoms with Gasteiger partial charge in [0.2, 0.25) is 5.91 Å². The minimum Gasteiger partial charge on any atom is -0.355 e. The number of rotatable bonds is 5. The summed E-state index contributed by atoms with van der Waals surface area (Å²) in [6, 6.07) is 15.4. The van der Waals surface area contributed by atoms with Gasteiger partial charge in [-0.3, -0.25) is 9.59 Å². The Morgan fingerprint density at radius 3 is 2.64 bits per heavy atom. The van der Waals surface area contributed by atoms with Crippen LogP contribution < -0.4 is 5.32 Å². The van der Waals surface area contributed by atoms with Crippen molar-refractivity contribution in [2.24, 2.45) is 7.05 Å². The maximum absolute atomic E-state index is 13.7. The molecule has 0 saturated carbocycles. The first kappa shape index (κ1) is 21.5. The van der Waals surface area contributed by atoms with E-state index >= 15 is 0 Å². The van der Waals surface area contributed by atoms with Crippen LogP contribution in [0, 0.1) is 0 Å². The molecule has 170 valence electrons. The van der Waals surface area contributed by atoms with Crippen LogP contribution >= 0.6 is 0 Å². The molecule has 2 aliphatic rings. The molecule has 0 unspecified atom stereocenters. The molecule has 2 heterocycles. The zero-order valence-corrected chi connectivity index (χ0v) is 19.4. The van der Waals surface area contributed by atoms with Crippen LogP contribution in [0.3, 0.4) is 0 Å². The number of aryl methyl sites for hydroxylation is 1. The molecule has 1 N–H and O–H groups in total. The van der Waals surface area contributed by atoms with E-state index in [4.69, 9.17) is 0 Å². The van der Waals surface area contributed by atoms with Crippen molar-refractivity contribution in [3.63, 3.8) is 0 Å². The van der Waals surface area contributed by atoms with Gasteiger partial charge in [0.05, 0.1) is 12.0 Å². The number of aromatic nitrogens is 1. The number of nitrogens with one attached hydrogen (secondary N) is 1. The largest absolute Gasteiger partial charge is 0.355 e.